The molecule has 0 aliphatic heterocycles. The van der Waals surface area contributed by atoms with Gasteiger partial charge < -0.3 is 9.88 Å². The Kier molecular flexibility index (Phi) is 6.45. The fourth-order valence-electron chi connectivity index (χ4n) is 3.50. The lowest BCUT2D eigenvalue weighted by Crippen LogP contribution is -2.25. The van der Waals surface area contributed by atoms with Gasteiger partial charge in [0.15, 0.2) is 0 Å². The lowest BCUT2D eigenvalue weighted by Gasteiger charge is -2.11. The normalized spacial score (nSPS) is 11.1. The summed E-state index contributed by atoms with van der Waals surface area (Å²) in [5.41, 5.74) is 4.22. The fourth-order valence-corrected chi connectivity index (χ4v) is 4.28. The highest BCUT2D eigenvalue weighted by Gasteiger charge is 2.20. The Hall–Kier alpha value is -3.33. The first-order valence-electron chi connectivity index (χ1n) is 10.7. The predicted molar refractivity (Wildman–Crippen MR) is 125 cm³/mol. The van der Waals surface area contributed by atoms with Gasteiger partial charge in [-0.25, -0.2) is 19.6 Å². The second-order valence-electron chi connectivity index (χ2n) is 7.74. The molecule has 0 spiro atoms. The van der Waals surface area contributed by atoms with Crippen molar-refractivity contribution in [3.05, 3.63) is 64.4 Å². The molecule has 0 atom stereocenters. The van der Waals surface area contributed by atoms with Crippen LogP contribution >= 0.6 is 11.3 Å². The number of hydrogen-bond acceptors (Lipinski definition) is 6. The predicted octanol–water partition coefficient (Wildman–Crippen LogP) is 4.01. The third kappa shape index (κ3) is 4.34. The molecule has 0 aliphatic carbocycles. The number of amides is 1. The van der Waals surface area contributed by atoms with Crippen molar-refractivity contribution in [1.29, 1.82) is 0 Å². The summed E-state index contributed by atoms with van der Waals surface area (Å²) in [4.78, 5) is 27.7. The molecule has 9 heteroatoms. The van der Waals surface area contributed by atoms with E-state index in [2.05, 4.69) is 27.3 Å². The zero-order chi connectivity index (χ0) is 22.7. The highest BCUT2D eigenvalue weighted by atomic mass is 32.1. The van der Waals surface area contributed by atoms with Crippen molar-refractivity contribution >= 4 is 17.2 Å². The van der Waals surface area contributed by atoms with Gasteiger partial charge in [0.25, 0.3) is 11.9 Å². The van der Waals surface area contributed by atoms with Gasteiger partial charge in [-0.3, -0.25) is 4.79 Å². The minimum Gasteiger partial charge on any atom is -0.346 e. The number of unbranched alkanes of at least 4 members (excludes halogenated alkanes) is 1. The molecular formula is C23H27N7OS. The molecule has 0 aliphatic rings. The van der Waals surface area contributed by atoms with Gasteiger partial charge in [-0.15, -0.1) is 11.3 Å². The fraction of sp³-hybridized carbons (Fsp3) is 0.348. The Morgan fingerprint density at radius 2 is 2.03 bits per heavy atom. The van der Waals surface area contributed by atoms with Crippen molar-refractivity contribution in [3.63, 3.8) is 0 Å². The highest BCUT2D eigenvalue weighted by molar-refractivity contribution is 7.13. The van der Waals surface area contributed by atoms with E-state index in [1.807, 2.05) is 49.2 Å². The SMILES string of the molecule is CCCCc1c(C(=O)NCc2cnc(C)n2C)cnn1-c1ncc(C)c(-c2cccs2)n1. The maximum absolute atomic E-state index is 13.0. The molecule has 8 nitrogen and oxygen atoms in total. The van der Waals surface area contributed by atoms with E-state index in [-0.39, 0.29) is 5.91 Å². The molecule has 0 aromatic carbocycles. The van der Waals surface area contributed by atoms with Crippen LogP contribution in [0.5, 0.6) is 0 Å². The van der Waals surface area contributed by atoms with E-state index in [1.54, 1.807) is 28.4 Å². The minimum atomic E-state index is -0.160. The van der Waals surface area contributed by atoms with Crippen LogP contribution in [-0.2, 0) is 20.0 Å². The van der Waals surface area contributed by atoms with Crippen LogP contribution in [0.3, 0.4) is 0 Å². The average molecular weight is 450 g/mol. The summed E-state index contributed by atoms with van der Waals surface area (Å²) in [6, 6.07) is 4.05. The highest BCUT2D eigenvalue weighted by Crippen LogP contribution is 2.26. The molecule has 0 unspecified atom stereocenters. The van der Waals surface area contributed by atoms with Gasteiger partial charge in [-0.1, -0.05) is 19.4 Å². The van der Waals surface area contributed by atoms with Crippen molar-refractivity contribution in [2.75, 3.05) is 0 Å². The summed E-state index contributed by atoms with van der Waals surface area (Å²) in [6.45, 7) is 6.46. The number of nitrogens with zero attached hydrogens (tertiary/aromatic N) is 6. The zero-order valence-corrected chi connectivity index (χ0v) is 19.6. The first-order chi connectivity index (χ1) is 15.5. The summed E-state index contributed by atoms with van der Waals surface area (Å²) in [5.74, 6) is 1.22. The van der Waals surface area contributed by atoms with E-state index in [1.165, 1.54) is 0 Å². The number of carbonyl (C=O) groups excluding carboxylic acids is 1. The molecule has 0 radical (unpaired) electrons. The van der Waals surface area contributed by atoms with Crippen LogP contribution in [-0.4, -0.2) is 35.2 Å². The van der Waals surface area contributed by atoms with Gasteiger partial charge >= 0.3 is 0 Å². The number of nitrogens with one attached hydrogen (secondary N) is 1. The maximum atomic E-state index is 13.0. The number of aromatic nitrogens is 6. The Bertz CT molecular complexity index is 1220. The minimum absolute atomic E-state index is 0.160. The van der Waals surface area contributed by atoms with Gasteiger partial charge in [-0.05, 0) is 43.7 Å². The molecule has 166 valence electrons. The van der Waals surface area contributed by atoms with E-state index in [0.29, 0.717) is 18.1 Å². The molecular weight excluding hydrogens is 422 g/mol. The molecule has 1 amide bonds. The van der Waals surface area contributed by atoms with Crippen LogP contribution in [0, 0.1) is 13.8 Å². The van der Waals surface area contributed by atoms with Gasteiger partial charge in [0, 0.05) is 13.2 Å². The molecule has 4 heterocycles. The zero-order valence-electron chi connectivity index (χ0n) is 18.8. The maximum Gasteiger partial charge on any atom is 0.255 e. The first kappa shape index (κ1) is 21.9. The van der Waals surface area contributed by atoms with Crippen LogP contribution in [0.4, 0.5) is 0 Å². The van der Waals surface area contributed by atoms with Crippen LogP contribution < -0.4 is 5.32 Å². The first-order valence-corrected chi connectivity index (χ1v) is 11.6. The van der Waals surface area contributed by atoms with Gasteiger partial charge in [0.1, 0.15) is 5.82 Å². The van der Waals surface area contributed by atoms with Crippen molar-refractivity contribution < 1.29 is 4.79 Å². The Morgan fingerprint density at radius 3 is 2.72 bits per heavy atom. The van der Waals surface area contributed by atoms with Gasteiger partial charge in [0.05, 0.1) is 46.5 Å². The monoisotopic (exact) mass is 449 g/mol. The topological polar surface area (TPSA) is 90.5 Å². The second kappa shape index (κ2) is 9.44. The Labute approximate surface area is 191 Å². The number of aryl methyl sites for hydroxylation is 2. The Balaban J connectivity index is 1.65. The summed E-state index contributed by atoms with van der Waals surface area (Å²) in [7, 11) is 1.94. The molecule has 0 bridgehead atoms. The summed E-state index contributed by atoms with van der Waals surface area (Å²) in [6.07, 6.45) is 7.88. The molecule has 1 N–H and O–H groups in total. The van der Waals surface area contributed by atoms with Crippen molar-refractivity contribution in [3.8, 4) is 16.5 Å². The van der Waals surface area contributed by atoms with E-state index in [4.69, 9.17) is 4.98 Å². The molecule has 4 aromatic heterocycles. The summed E-state index contributed by atoms with van der Waals surface area (Å²) in [5, 5.41) is 9.54. The molecule has 32 heavy (non-hydrogen) atoms. The lowest BCUT2D eigenvalue weighted by molar-refractivity contribution is 0.0949. The summed E-state index contributed by atoms with van der Waals surface area (Å²) >= 11 is 1.64. The molecule has 0 fully saturated rings. The van der Waals surface area contributed by atoms with Gasteiger partial charge in [0.2, 0.25) is 0 Å². The van der Waals surface area contributed by atoms with E-state index in [9.17, 15) is 4.79 Å². The molecule has 4 rings (SSSR count). The molecule has 4 aromatic rings. The van der Waals surface area contributed by atoms with Crippen LogP contribution in [0.2, 0.25) is 0 Å². The number of rotatable bonds is 8. The second-order valence-corrected chi connectivity index (χ2v) is 8.69. The number of hydrogen-bond donors (Lipinski definition) is 1. The van der Waals surface area contributed by atoms with Crippen LogP contribution in [0.25, 0.3) is 16.5 Å². The summed E-state index contributed by atoms with van der Waals surface area (Å²) < 4.78 is 3.67. The largest absolute Gasteiger partial charge is 0.346 e. The van der Waals surface area contributed by atoms with Crippen LogP contribution in [0.1, 0.15) is 52.9 Å². The van der Waals surface area contributed by atoms with E-state index in [0.717, 1.165) is 52.6 Å². The number of carbonyl (C=O) groups is 1. The third-order valence-electron chi connectivity index (χ3n) is 5.53. The van der Waals surface area contributed by atoms with Crippen molar-refractivity contribution in [2.24, 2.45) is 7.05 Å². The standard InChI is InChI=1S/C23H27N7OS/c1-5-6-8-19-18(22(31)25-13-17-12-24-16(3)29(17)4)14-27-30(19)23-26-11-15(2)21(28-23)20-9-7-10-32-20/h7,9-12,14H,5-6,8,13H2,1-4H3,(H,25,31). The van der Waals surface area contributed by atoms with Crippen molar-refractivity contribution in [1.82, 2.24) is 34.6 Å². The number of thiophene rings is 1. The Morgan fingerprint density at radius 1 is 1.19 bits per heavy atom. The molecule has 0 saturated heterocycles. The van der Waals surface area contributed by atoms with Crippen LogP contribution in [0.15, 0.2) is 36.1 Å². The van der Waals surface area contributed by atoms with E-state index >= 15 is 0 Å². The van der Waals surface area contributed by atoms with E-state index < -0.39 is 0 Å². The lowest BCUT2D eigenvalue weighted by atomic mass is 10.1. The average Bonchev–Trinajstić information content (AvgIpc) is 3.53. The van der Waals surface area contributed by atoms with Crippen molar-refractivity contribution in [2.45, 2.75) is 46.6 Å². The van der Waals surface area contributed by atoms with Gasteiger partial charge in [-0.2, -0.15) is 5.10 Å². The smallest absolute Gasteiger partial charge is 0.255 e. The quantitative estimate of drug-likeness (QED) is 0.439. The molecule has 0 saturated carbocycles. The third-order valence-corrected chi connectivity index (χ3v) is 6.41. The number of imidazole rings is 1.